The predicted molar refractivity (Wildman–Crippen MR) is 83.6 cm³/mol. The highest BCUT2D eigenvalue weighted by Crippen LogP contribution is 2.25. The van der Waals surface area contributed by atoms with E-state index in [1.165, 1.54) is 0 Å². The largest absolute Gasteiger partial charge is 0.322 e. The van der Waals surface area contributed by atoms with Crippen LogP contribution in [0.3, 0.4) is 0 Å². The number of nitrogens with zero attached hydrogens (tertiary/aromatic N) is 2. The van der Waals surface area contributed by atoms with Gasteiger partial charge in [-0.2, -0.15) is 0 Å². The van der Waals surface area contributed by atoms with Gasteiger partial charge in [0.1, 0.15) is 5.56 Å². The summed E-state index contributed by atoms with van der Waals surface area (Å²) in [6, 6.07) is 8.28. The smallest absolute Gasteiger partial charge is 0.289 e. The van der Waals surface area contributed by atoms with Crippen LogP contribution in [0.25, 0.3) is 0 Å². The van der Waals surface area contributed by atoms with E-state index in [0.29, 0.717) is 5.69 Å². The molecular formula is C15H13N3O5. The molecule has 0 aromatic heterocycles. The van der Waals surface area contributed by atoms with Gasteiger partial charge in [-0.1, -0.05) is 6.07 Å². The molecule has 2 aromatic carbocycles. The number of non-ortho nitro benzene ring substituents is 1. The van der Waals surface area contributed by atoms with E-state index in [-0.39, 0.29) is 5.56 Å². The van der Waals surface area contributed by atoms with Gasteiger partial charge in [-0.15, -0.1) is 0 Å². The van der Waals surface area contributed by atoms with E-state index in [9.17, 15) is 25.0 Å². The monoisotopic (exact) mass is 315 g/mol. The highest BCUT2D eigenvalue weighted by atomic mass is 16.6. The summed E-state index contributed by atoms with van der Waals surface area (Å²) in [5.41, 5.74) is 1.07. The molecule has 1 amide bonds. The van der Waals surface area contributed by atoms with Gasteiger partial charge in [0.05, 0.1) is 15.9 Å². The number of anilines is 1. The molecule has 23 heavy (non-hydrogen) atoms. The Kier molecular flexibility index (Phi) is 4.35. The lowest BCUT2D eigenvalue weighted by Gasteiger charge is -2.08. The van der Waals surface area contributed by atoms with Crippen LogP contribution in [0.4, 0.5) is 17.1 Å². The average molecular weight is 315 g/mol. The number of nitro groups is 2. The first kappa shape index (κ1) is 16.1. The lowest BCUT2D eigenvalue weighted by atomic mass is 10.1. The fourth-order valence-corrected chi connectivity index (χ4v) is 2.22. The molecular weight excluding hydrogens is 302 g/mol. The Morgan fingerprint density at radius 3 is 2.09 bits per heavy atom. The van der Waals surface area contributed by atoms with Crippen LogP contribution in [0.2, 0.25) is 0 Å². The maximum absolute atomic E-state index is 12.3. The summed E-state index contributed by atoms with van der Waals surface area (Å²) in [5, 5.41) is 24.3. The molecule has 0 atom stereocenters. The van der Waals surface area contributed by atoms with Gasteiger partial charge >= 0.3 is 0 Å². The van der Waals surface area contributed by atoms with Crippen molar-refractivity contribution >= 4 is 23.0 Å². The van der Waals surface area contributed by atoms with Crippen LogP contribution in [-0.4, -0.2) is 15.8 Å². The van der Waals surface area contributed by atoms with E-state index in [1.807, 2.05) is 19.9 Å². The fourth-order valence-electron chi connectivity index (χ4n) is 2.22. The molecule has 118 valence electrons. The first-order valence-corrected chi connectivity index (χ1v) is 6.60. The van der Waals surface area contributed by atoms with Crippen molar-refractivity contribution < 1.29 is 14.6 Å². The van der Waals surface area contributed by atoms with Crippen LogP contribution >= 0.6 is 0 Å². The average Bonchev–Trinajstić information content (AvgIpc) is 2.45. The van der Waals surface area contributed by atoms with Gasteiger partial charge in [0, 0.05) is 11.8 Å². The summed E-state index contributed by atoms with van der Waals surface area (Å²) < 4.78 is 0. The number of hydrogen-bond donors (Lipinski definition) is 1. The van der Waals surface area contributed by atoms with Crippen molar-refractivity contribution in [2.75, 3.05) is 5.32 Å². The van der Waals surface area contributed by atoms with Crippen LogP contribution in [0.15, 0.2) is 36.4 Å². The van der Waals surface area contributed by atoms with Crippen molar-refractivity contribution in [1.82, 2.24) is 0 Å². The van der Waals surface area contributed by atoms with Crippen molar-refractivity contribution in [3.05, 3.63) is 73.3 Å². The maximum atomic E-state index is 12.3. The SMILES string of the molecule is Cc1cc(C)cc(NC(=O)c2ccc([N+](=O)[O-])cc2[N+](=O)[O-])c1. The molecule has 0 aliphatic rings. The van der Waals surface area contributed by atoms with E-state index in [4.69, 9.17) is 0 Å². The molecule has 0 aliphatic heterocycles. The second kappa shape index (κ2) is 6.22. The summed E-state index contributed by atoms with van der Waals surface area (Å²) in [6.07, 6.45) is 0. The third-order valence-corrected chi connectivity index (χ3v) is 3.11. The quantitative estimate of drug-likeness (QED) is 0.686. The van der Waals surface area contributed by atoms with E-state index < -0.39 is 27.1 Å². The highest BCUT2D eigenvalue weighted by Gasteiger charge is 2.24. The van der Waals surface area contributed by atoms with Gasteiger partial charge in [-0.3, -0.25) is 25.0 Å². The molecule has 0 aliphatic carbocycles. The highest BCUT2D eigenvalue weighted by molar-refractivity contribution is 6.07. The second-order valence-electron chi connectivity index (χ2n) is 5.05. The number of carbonyl (C=O) groups is 1. The molecule has 2 rings (SSSR count). The molecule has 0 spiro atoms. The fraction of sp³-hybridized carbons (Fsp3) is 0.133. The first-order valence-electron chi connectivity index (χ1n) is 6.60. The van der Waals surface area contributed by atoms with Crippen molar-refractivity contribution in [2.45, 2.75) is 13.8 Å². The Balaban J connectivity index is 2.38. The Morgan fingerprint density at radius 1 is 0.957 bits per heavy atom. The van der Waals surface area contributed by atoms with Gasteiger partial charge in [0.25, 0.3) is 17.3 Å². The normalized spacial score (nSPS) is 10.2. The summed E-state index contributed by atoms with van der Waals surface area (Å²) in [6.45, 7) is 3.72. The van der Waals surface area contributed by atoms with Crippen LogP contribution in [-0.2, 0) is 0 Å². The van der Waals surface area contributed by atoms with Gasteiger partial charge in [0.2, 0.25) is 0 Å². The predicted octanol–water partition coefficient (Wildman–Crippen LogP) is 3.37. The lowest BCUT2D eigenvalue weighted by Crippen LogP contribution is -2.14. The number of amides is 1. The van der Waals surface area contributed by atoms with E-state index in [1.54, 1.807) is 12.1 Å². The number of aryl methyl sites for hydroxylation is 2. The number of rotatable bonds is 4. The number of carbonyl (C=O) groups excluding carboxylic acids is 1. The van der Waals surface area contributed by atoms with Crippen LogP contribution < -0.4 is 5.32 Å². The number of nitro benzene ring substituents is 2. The molecule has 2 aromatic rings. The van der Waals surface area contributed by atoms with E-state index in [2.05, 4.69) is 5.32 Å². The summed E-state index contributed by atoms with van der Waals surface area (Å²) in [5.74, 6) is -0.698. The lowest BCUT2D eigenvalue weighted by molar-refractivity contribution is -0.394. The number of hydrogen-bond acceptors (Lipinski definition) is 5. The molecule has 0 saturated heterocycles. The van der Waals surface area contributed by atoms with Crippen molar-refractivity contribution in [1.29, 1.82) is 0 Å². The Labute approximate surface area is 131 Å². The molecule has 0 radical (unpaired) electrons. The standard InChI is InChI=1S/C15H13N3O5/c1-9-5-10(2)7-11(6-9)16-15(19)13-4-3-12(17(20)21)8-14(13)18(22)23/h3-8H,1-2H3,(H,16,19). The van der Waals surface area contributed by atoms with Gasteiger partial charge in [-0.05, 0) is 43.2 Å². The van der Waals surface area contributed by atoms with Crippen molar-refractivity contribution in [3.63, 3.8) is 0 Å². The minimum Gasteiger partial charge on any atom is -0.322 e. The zero-order valence-electron chi connectivity index (χ0n) is 12.4. The zero-order valence-corrected chi connectivity index (χ0v) is 12.4. The Bertz CT molecular complexity index is 797. The molecule has 0 fully saturated rings. The van der Waals surface area contributed by atoms with E-state index >= 15 is 0 Å². The minimum atomic E-state index is -0.816. The van der Waals surface area contributed by atoms with Gasteiger partial charge < -0.3 is 5.32 Å². The number of benzene rings is 2. The molecule has 0 saturated carbocycles. The first-order chi connectivity index (χ1) is 10.8. The third kappa shape index (κ3) is 3.67. The summed E-state index contributed by atoms with van der Waals surface area (Å²) in [4.78, 5) is 32.5. The topological polar surface area (TPSA) is 115 Å². The summed E-state index contributed by atoms with van der Waals surface area (Å²) >= 11 is 0. The molecule has 1 N–H and O–H groups in total. The Morgan fingerprint density at radius 2 is 1.57 bits per heavy atom. The number of nitrogens with one attached hydrogen (secondary N) is 1. The molecule has 0 unspecified atom stereocenters. The van der Waals surface area contributed by atoms with Gasteiger partial charge in [0.15, 0.2) is 0 Å². The Hall–Kier alpha value is -3.29. The van der Waals surface area contributed by atoms with Crippen LogP contribution in [0.5, 0.6) is 0 Å². The summed E-state index contributed by atoms with van der Waals surface area (Å²) in [7, 11) is 0. The van der Waals surface area contributed by atoms with Crippen molar-refractivity contribution in [2.24, 2.45) is 0 Å². The molecule has 8 heteroatoms. The van der Waals surface area contributed by atoms with Gasteiger partial charge in [-0.25, -0.2) is 0 Å². The maximum Gasteiger partial charge on any atom is 0.289 e. The minimum absolute atomic E-state index is 0.236. The third-order valence-electron chi connectivity index (χ3n) is 3.11. The molecule has 8 nitrogen and oxygen atoms in total. The van der Waals surface area contributed by atoms with Crippen molar-refractivity contribution in [3.8, 4) is 0 Å². The molecule has 0 heterocycles. The zero-order chi connectivity index (χ0) is 17.1. The molecule has 0 bridgehead atoms. The van der Waals surface area contributed by atoms with E-state index in [0.717, 1.165) is 29.3 Å². The van der Waals surface area contributed by atoms with Crippen LogP contribution in [0, 0.1) is 34.1 Å². The second-order valence-corrected chi connectivity index (χ2v) is 5.05. The van der Waals surface area contributed by atoms with Crippen LogP contribution in [0.1, 0.15) is 21.5 Å².